The average molecular weight is 296 g/mol. The Hall–Kier alpha value is -2.08. The van der Waals surface area contributed by atoms with E-state index >= 15 is 0 Å². The summed E-state index contributed by atoms with van der Waals surface area (Å²) in [7, 11) is 1.50. The third-order valence-corrected chi connectivity index (χ3v) is 3.00. The fraction of sp³-hybridized carbons (Fsp3) is 0.267. The Kier molecular flexibility index (Phi) is 4.80. The Morgan fingerprint density at radius 2 is 1.71 bits per heavy atom. The lowest BCUT2D eigenvalue weighted by atomic mass is 10.1. The highest BCUT2D eigenvalue weighted by Crippen LogP contribution is 2.31. The van der Waals surface area contributed by atoms with Crippen molar-refractivity contribution in [2.24, 2.45) is 0 Å². The van der Waals surface area contributed by atoms with Gasteiger partial charge in [-0.1, -0.05) is 24.3 Å². The van der Waals surface area contributed by atoms with Gasteiger partial charge >= 0.3 is 6.18 Å². The summed E-state index contributed by atoms with van der Waals surface area (Å²) in [5.41, 5.74) is 0.396. The van der Waals surface area contributed by atoms with Crippen LogP contribution in [-0.4, -0.2) is 12.1 Å². The van der Waals surface area contributed by atoms with E-state index in [1.165, 1.54) is 19.2 Å². The maximum Gasteiger partial charge on any atom is 0.416 e. The van der Waals surface area contributed by atoms with Crippen molar-refractivity contribution in [3.05, 3.63) is 59.3 Å². The van der Waals surface area contributed by atoms with Gasteiger partial charge in [-0.15, -0.1) is 0 Å². The van der Waals surface area contributed by atoms with Gasteiger partial charge in [0, 0.05) is 24.8 Å². The molecule has 0 amide bonds. The van der Waals surface area contributed by atoms with Gasteiger partial charge in [-0.3, -0.25) is 0 Å². The van der Waals surface area contributed by atoms with Crippen molar-refractivity contribution in [1.82, 2.24) is 10.3 Å². The average Bonchev–Trinajstić information content (AvgIpc) is 2.47. The van der Waals surface area contributed by atoms with Gasteiger partial charge < -0.3 is 10.1 Å². The first-order chi connectivity index (χ1) is 10.0. The van der Waals surface area contributed by atoms with Crippen molar-refractivity contribution in [2.75, 3.05) is 7.11 Å². The lowest BCUT2D eigenvalue weighted by Crippen LogP contribution is -2.17. The summed E-state index contributed by atoms with van der Waals surface area (Å²) in [4.78, 5) is 4.04. The second kappa shape index (κ2) is 6.58. The molecule has 1 heterocycles. The highest BCUT2D eigenvalue weighted by molar-refractivity contribution is 5.30. The third-order valence-electron chi connectivity index (χ3n) is 3.00. The molecule has 1 aromatic heterocycles. The number of pyridine rings is 1. The van der Waals surface area contributed by atoms with Crippen molar-refractivity contribution in [3.8, 4) is 5.88 Å². The molecule has 0 saturated carbocycles. The zero-order valence-electron chi connectivity index (χ0n) is 11.4. The SMILES string of the molecule is COc1ncccc1CNCc1ccccc1C(F)(F)F. The zero-order chi connectivity index (χ0) is 15.3. The van der Waals surface area contributed by atoms with Crippen molar-refractivity contribution in [2.45, 2.75) is 19.3 Å². The maximum atomic E-state index is 12.9. The van der Waals surface area contributed by atoms with Gasteiger partial charge in [0.2, 0.25) is 5.88 Å². The van der Waals surface area contributed by atoms with Crippen LogP contribution in [0.2, 0.25) is 0 Å². The van der Waals surface area contributed by atoms with Crippen molar-refractivity contribution in [3.63, 3.8) is 0 Å². The van der Waals surface area contributed by atoms with E-state index in [0.29, 0.717) is 12.4 Å². The Morgan fingerprint density at radius 1 is 1.05 bits per heavy atom. The first-order valence-corrected chi connectivity index (χ1v) is 6.36. The Balaban J connectivity index is 2.04. The van der Waals surface area contributed by atoms with Crippen LogP contribution in [0.5, 0.6) is 5.88 Å². The Labute approximate surface area is 120 Å². The van der Waals surface area contributed by atoms with Crippen LogP contribution in [0.1, 0.15) is 16.7 Å². The molecule has 0 fully saturated rings. The number of rotatable bonds is 5. The molecule has 0 saturated heterocycles. The number of nitrogens with zero attached hydrogens (tertiary/aromatic N) is 1. The summed E-state index contributed by atoms with van der Waals surface area (Å²) in [5.74, 6) is 0.467. The molecule has 0 aliphatic heterocycles. The minimum absolute atomic E-state index is 0.119. The smallest absolute Gasteiger partial charge is 0.416 e. The Morgan fingerprint density at radius 3 is 2.43 bits per heavy atom. The molecule has 21 heavy (non-hydrogen) atoms. The number of hydrogen-bond acceptors (Lipinski definition) is 3. The van der Waals surface area contributed by atoms with Crippen LogP contribution in [0, 0.1) is 0 Å². The van der Waals surface area contributed by atoms with Gasteiger partial charge in [-0.25, -0.2) is 4.98 Å². The molecule has 6 heteroatoms. The predicted octanol–water partition coefficient (Wildman–Crippen LogP) is 3.40. The van der Waals surface area contributed by atoms with Crippen LogP contribution >= 0.6 is 0 Å². The summed E-state index contributed by atoms with van der Waals surface area (Å²) in [5, 5.41) is 2.99. The van der Waals surface area contributed by atoms with E-state index in [-0.39, 0.29) is 12.1 Å². The summed E-state index contributed by atoms with van der Waals surface area (Å²) < 4.78 is 43.7. The maximum absolute atomic E-state index is 12.9. The minimum Gasteiger partial charge on any atom is -0.481 e. The van der Waals surface area contributed by atoms with Crippen molar-refractivity contribution < 1.29 is 17.9 Å². The quantitative estimate of drug-likeness (QED) is 0.918. The predicted molar refractivity (Wildman–Crippen MR) is 72.8 cm³/mol. The fourth-order valence-electron chi connectivity index (χ4n) is 2.03. The number of benzene rings is 1. The number of alkyl halides is 3. The molecular weight excluding hydrogens is 281 g/mol. The van der Waals surface area contributed by atoms with E-state index in [0.717, 1.165) is 11.6 Å². The van der Waals surface area contributed by atoms with Gasteiger partial charge in [-0.2, -0.15) is 13.2 Å². The summed E-state index contributed by atoms with van der Waals surface area (Å²) >= 11 is 0. The van der Waals surface area contributed by atoms with E-state index in [1.54, 1.807) is 18.3 Å². The summed E-state index contributed by atoms with van der Waals surface area (Å²) in [6.07, 6.45) is -2.74. The van der Waals surface area contributed by atoms with E-state index < -0.39 is 11.7 Å². The summed E-state index contributed by atoms with van der Waals surface area (Å²) in [6.45, 7) is 0.497. The molecule has 0 radical (unpaired) electrons. The van der Waals surface area contributed by atoms with Crippen LogP contribution < -0.4 is 10.1 Å². The van der Waals surface area contributed by atoms with Crippen molar-refractivity contribution in [1.29, 1.82) is 0 Å². The highest BCUT2D eigenvalue weighted by Gasteiger charge is 2.32. The first-order valence-electron chi connectivity index (χ1n) is 6.36. The van der Waals surface area contributed by atoms with Crippen molar-refractivity contribution >= 4 is 0 Å². The summed E-state index contributed by atoms with van der Waals surface area (Å²) in [6, 6.07) is 9.10. The lowest BCUT2D eigenvalue weighted by Gasteiger charge is -2.13. The second-order valence-corrected chi connectivity index (χ2v) is 4.43. The van der Waals surface area contributed by atoms with Gasteiger partial charge in [0.15, 0.2) is 0 Å². The molecule has 0 spiro atoms. The molecule has 1 aromatic carbocycles. The normalized spacial score (nSPS) is 11.4. The Bertz CT molecular complexity index is 599. The molecule has 0 atom stereocenters. The van der Waals surface area contributed by atoms with E-state index in [4.69, 9.17) is 4.74 Å². The fourth-order valence-corrected chi connectivity index (χ4v) is 2.03. The number of nitrogens with one attached hydrogen (secondary N) is 1. The standard InChI is InChI=1S/C15H15F3N2O/c1-21-14-12(6-4-8-20-14)10-19-9-11-5-2-3-7-13(11)15(16,17)18/h2-8,19H,9-10H2,1H3. The minimum atomic E-state index is -4.34. The molecule has 3 nitrogen and oxygen atoms in total. The number of aromatic nitrogens is 1. The van der Waals surface area contributed by atoms with Crippen LogP contribution in [0.4, 0.5) is 13.2 Å². The number of halogens is 3. The molecule has 2 rings (SSSR count). The van der Waals surface area contributed by atoms with Gasteiger partial charge in [0.05, 0.1) is 12.7 Å². The second-order valence-electron chi connectivity index (χ2n) is 4.43. The lowest BCUT2D eigenvalue weighted by molar-refractivity contribution is -0.138. The van der Waals surface area contributed by atoms with Crippen LogP contribution in [0.15, 0.2) is 42.6 Å². The van der Waals surface area contributed by atoms with Gasteiger partial charge in [0.1, 0.15) is 0 Å². The van der Waals surface area contributed by atoms with Crippen LogP contribution in [0.3, 0.4) is 0 Å². The highest BCUT2D eigenvalue weighted by atomic mass is 19.4. The topological polar surface area (TPSA) is 34.1 Å². The number of ether oxygens (including phenoxy) is 1. The molecule has 2 aromatic rings. The number of hydrogen-bond donors (Lipinski definition) is 1. The molecule has 0 unspecified atom stereocenters. The zero-order valence-corrected chi connectivity index (χ0v) is 11.4. The monoisotopic (exact) mass is 296 g/mol. The molecule has 0 bridgehead atoms. The van der Waals surface area contributed by atoms with E-state index in [1.807, 2.05) is 6.07 Å². The first kappa shape index (κ1) is 15.3. The molecule has 0 aliphatic rings. The third kappa shape index (κ3) is 3.95. The van der Waals surface area contributed by atoms with Gasteiger partial charge in [-0.05, 0) is 17.7 Å². The molecule has 0 aliphatic carbocycles. The van der Waals surface area contributed by atoms with Crippen LogP contribution in [0.25, 0.3) is 0 Å². The molecule has 112 valence electrons. The van der Waals surface area contributed by atoms with Gasteiger partial charge in [0.25, 0.3) is 0 Å². The molecule has 1 N–H and O–H groups in total. The largest absolute Gasteiger partial charge is 0.481 e. The number of methoxy groups -OCH3 is 1. The van der Waals surface area contributed by atoms with E-state index in [2.05, 4.69) is 10.3 Å². The van der Waals surface area contributed by atoms with E-state index in [9.17, 15) is 13.2 Å². The van der Waals surface area contributed by atoms with Crippen LogP contribution in [-0.2, 0) is 19.3 Å². The molecular formula is C15H15F3N2O.